The normalized spacial score (nSPS) is 11.7. The van der Waals surface area contributed by atoms with Gasteiger partial charge in [-0.15, -0.1) is 0 Å². The van der Waals surface area contributed by atoms with E-state index in [-0.39, 0.29) is 11.0 Å². The lowest BCUT2D eigenvalue weighted by molar-refractivity contribution is -0.134. The van der Waals surface area contributed by atoms with E-state index in [2.05, 4.69) is 6.58 Å². The third-order valence-electron chi connectivity index (χ3n) is 2.48. The Morgan fingerprint density at radius 1 is 1.45 bits per heavy atom. The molecule has 0 fully saturated rings. The van der Waals surface area contributed by atoms with E-state index in [0.717, 1.165) is 0 Å². The summed E-state index contributed by atoms with van der Waals surface area (Å²) in [5.74, 6) is -0.602. The fourth-order valence-electron chi connectivity index (χ4n) is 0.624. The first-order chi connectivity index (χ1) is 4.80. The Balaban J connectivity index is 4.56. The van der Waals surface area contributed by atoms with Crippen molar-refractivity contribution in [2.75, 3.05) is 0 Å². The molecule has 0 radical (unpaired) electrons. The van der Waals surface area contributed by atoms with E-state index < -0.39 is 5.97 Å². The molecule has 0 rings (SSSR count). The van der Waals surface area contributed by atoms with Gasteiger partial charge in [-0.1, -0.05) is 34.3 Å². The van der Waals surface area contributed by atoms with Gasteiger partial charge in [0.2, 0.25) is 0 Å². The summed E-state index contributed by atoms with van der Waals surface area (Å²) in [5, 5.41) is 8.67. The van der Waals surface area contributed by atoms with Crippen LogP contribution in [0.25, 0.3) is 0 Å². The highest BCUT2D eigenvalue weighted by molar-refractivity contribution is 5.87. The van der Waals surface area contributed by atoms with Crippen LogP contribution in [0, 0.1) is 11.3 Å². The maximum absolute atomic E-state index is 10.6. The van der Waals surface area contributed by atoms with Crippen LogP contribution in [-0.2, 0) is 4.79 Å². The predicted octanol–water partition coefficient (Wildman–Crippen LogP) is 2.31. The van der Waals surface area contributed by atoms with Crippen molar-refractivity contribution in [2.45, 2.75) is 27.7 Å². The maximum Gasteiger partial charge on any atom is 0.331 e. The molecule has 0 unspecified atom stereocenters. The highest BCUT2D eigenvalue weighted by Crippen LogP contribution is 2.33. The lowest BCUT2D eigenvalue weighted by Gasteiger charge is -2.28. The highest BCUT2D eigenvalue weighted by atomic mass is 16.4. The van der Waals surface area contributed by atoms with Crippen LogP contribution in [0.3, 0.4) is 0 Å². The van der Waals surface area contributed by atoms with Crippen molar-refractivity contribution in [3.63, 3.8) is 0 Å². The van der Waals surface area contributed by atoms with Crippen LogP contribution < -0.4 is 0 Å². The average Bonchev–Trinajstić information content (AvgIpc) is 1.85. The van der Waals surface area contributed by atoms with Gasteiger partial charge < -0.3 is 5.11 Å². The van der Waals surface area contributed by atoms with Gasteiger partial charge in [-0.25, -0.2) is 4.79 Å². The van der Waals surface area contributed by atoms with Crippen molar-refractivity contribution in [3.05, 3.63) is 12.2 Å². The quantitative estimate of drug-likeness (QED) is 0.636. The minimum absolute atomic E-state index is 0.285. The molecule has 0 aromatic carbocycles. The number of hydrogen-bond acceptors (Lipinski definition) is 1. The monoisotopic (exact) mass is 156 g/mol. The minimum Gasteiger partial charge on any atom is -0.478 e. The Labute approximate surface area is 67.9 Å². The third-order valence-corrected chi connectivity index (χ3v) is 2.48. The first kappa shape index (κ1) is 10.2. The third kappa shape index (κ3) is 2.07. The van der Waals surface area contributed by atoms with E-state index in [4.69, 9.17) is 5.11 Å². The van der Waals surface area contributed by atoms with Gasteiger partial charge in [0.05, 0.1) is 0 Å². The molecule has 1 N–H and O–H groups in total. The van der Waals surface area contributed by atoms with Gasteiger partial charge in [-0.2, -0.15) is 0 Å². The molecule has 0 saturated heterocycles. The topological polar surface area (TPSA) is 37.3 Å². The molecule has 0 aromatic rings. The van der Waals surface area contributed by atoms with Gasteiger partial charge in [-0.3, -0.25) is 0 Å². The van der Waals surface area contributed by atoms with Crippen LogP contribution in [0.1, 0.15) is 27.7 Å². The Bertz CT molecular complexity index is 178. The van der Waals surface area contributed by atoms with Gasteiger partial charge in [0, 0.05) is 5.57 Å². The molecule has 0 aromatic heterocycles. The van der Waals surface area contributed by atoms with E-state index >= 15 is 0 Å². The summed E-state index contributed by atoms with van der Waals surface area (Å²) < 4.78 is 0. The molecule has 0 aliphatic carbocycles. The zero-order valence-corrected chi connectivity index (χ0v) is 7.64. The second-order valence-electron chi connectivity index (χ2n) is 3.66. The molecule has 0 aliphatic heterocycles. The molecule has 0 spiro atoms. The molecule has 2 heteroatoms. The van der Waals surface area contributed by atoms with E-state index in [1.54, 1.807) is 0 Å². The summed E-state index contributed by atoms with van der Waals surface area (Å²) in [5.41, 5.74) is -0.0289. The van der Waals surface area contributed by atoms with Crippen LogP contribution in [0.15, 0.2) is 12.2 Å². The van der Waals surface area contributed by atoms with E-state index in [9.17, 15) is 4.79 Å². The van der Waals surface area contributed by atoms with Gasteiger partial charge in [0.15, 0.2) is 0 Å². The average molecular weight is 156 g/mol. The smallest absolute Gasteiger partial charge is 0.331 e. The summed E-state index contributed by atoms with van der Waals surface area (Å²) in [6.07, 6.45) is 0. The van der Waals surface area contributed by atoms with Gasteiger partial charge in [-0.05, 0) is 11.3 Å². The zero-order valence-electron chi connectivity index (χ0n) is 7.64. The largest absolute Gasteiger partial charge is 0.478 e. The zero-order chi connectivity index (χ0) is 9.23. The second-order valence-corrected chi connectivity index (χ2v) is 3.66. The minimum atomic E-state index is -0.899. The van der Waals surface area contributed by atoms with Crippen molar-refractivity contribution >= 4 is 5.97 Å². The van der Waals surface area contributed by atoms with Crippen molar-refractivity contribution in [1.29, 1.82) is 0 Å². The number of carboxylic acid groups (broad SMARTS) is 1. The van der Waals surface area contributed by atoms with Crippen LogP contribution in [0.2, 0.25) is 0 Å². The molecule has 11 heavy (non-hydrogen) atoms. The van der Waals surface area contributed by atoms with Crippen molar-refractivity contribution < 1.29 is 9.90 Å². The van der Waals surface area contributed by atoms with Gasteiger partial charge >= 0.3 is 5.97 Å². The van der Waals surface area contributed by atoms with Crippen molar-refractivity contribution in [2.24, 2.45) is 11.3 Å². The summed E-state index contributed by atoms with van der Waals surface area (Å²) in [6, 6.07) is 0. The van der Waals surface area contributed by atoms with Crippen LogP contribution >= 0.6 is 0 Å². The Morgan fingerprint density at radius 2 is 1.82 bits per heavy atom. The molecule has 0 amide bonds. The lowest BCUT2D eigenvalue weighted by Crippen LogP contribution is -2.25. The van der Waals surface area contributed by atoms with Crippen LogP contribution in [0.4, 0.5) is 0 Å². The molecule has 0 heterocycles. The number of rotatable bonds is 3. The maximum atomic E-state index is 10.6. The summed E-state index contributed by atoms with van der Waals surface area (Å²) in [4.78, 5) is 10.6. The molecular formula is C9H16O2. The standard InChI is InChI=1S/C9H16O2/c1-6(2)9(4,5)7(3)8(10)11/h6H,3H2,1-2,4-5H3,(H,10,11). The van der Waals surface area contributed by atoms with E-state index in [1.165, 1.54) is 0 Å². The fraction of sp³-hybridized carbons (Fsp3) is 0.667. The SMILES string of the molecule is C=C(C(=O)O)C(C)(C)C(C)C. The Morgan fingerprint density at radius 3 is 1.91 bits per heavy atom. The first-order valence-corrected chi connectivity index (χ1v) is 3.72. The van der Waals surface area contributed by atoms with Gasteiger partial charge in [0.1, 0.15) is 0 Å². The van der Waals surface area contributed by atoms with Crippen molar-refractivity contribution in [3.8, 4) is 0 Å². The number of carbonyl (C=O) groups is 1. The summed E-state index contributed by atoms with van der Waals surface area (Å²) in [7, 11) is 0. The van der Waals surface area contributed by atoms with Crippen molar-refractivity contribution in [1.82, 2.24) is 0 Å². The highest BCUT2D eigenvalue weighted by Gasteiger charge is 2.29. The molecule has 0 bridgehead atoms. The molecule has 0 saturated carbocycles. The lowest BCUT2D eigenvalue weighted by atomic mass is 9.75. The fourth-order valence-corrected chi connectivity index (χ4v) is 0.624. The molecule has 64 valence electrons. The van der Waals surface area contributed by atoms with E-state index in [1.807, 2.05) is 27.7 Å². The number of carboxylic acids is 1. The van der Waals surface area contributed by atoms with Crippen LogP contribution in [-0.4, -0.2) is 11.1 Å². The second kappa shape index (κ2) is 3.07. The Kier molecular flexibility index (Phi) is 2.85. The molecule has 0 atom stereocenters. The number of aliphatic carboxylic acids is 1. The van der Waals surface area contributed by atoms with E-state index in [0.29, 0.717) is 5.92 Å². The first-order valence-electron chi connectivity index (χ1n) is 3.72. The Hall–Kier alpha value is -0.790. The summed E-state index contributed by atoms with van der Waals surface area (Å²) in [6.45, 7) is 11.3. The summed E-state index contributed by atoms with van der Waals surface area (Å²) >= 11 is 0. The predicted molar refractivity (Wildman–Crippen MR) is 45.4 cm³/mol. The van der Waals surface area contributed by atoms with Gasteiger partial charge in [0.25, 0.3) is 0 Å². The number of hydrogen-bond donors (Lipinski definition) is 1. The molecule has 0 aliphatic rings. The van der Waals surface area contributed by atoms with Crippen LogP contribution in [0.5, 0.6) is 0 Å². The molecule has 2 nitrogen and oxygen atoms in total. The molecular weight excluding hydrogens is 140 g/mol.